The van der Waals surface area contributed by atoms with Gasteiger partial charge in [0, 0.05) is 17.8 Å². The highest BCUT2D eigenvalue weighted by atomic mass is 19.4. The Balaban J connectivity index is 1.63. The van der Waals surface area contributed by atoms with E-state index >= 15 is 0 Å². The molecule has 1 saturated carbocycles. The topological polar surface area (TPSA) is 88.5 Å². The van der Waals surface area contributed by atoms with Crippen LogP contribution >= 0.6 is 0 Å². The van der Waals surface area contributed by atoms with Gasteiger partial charge >= 0.3 is 12.1 Å². The number of rotatable bonds is 6. The van der Waals surface area contributed by atoms with E-state index in [1.807, 2.05) is 0 Å². The molecule has 1 atom stereocenters. The second-order valence-corrected chi connectivity index (χ2v) is 6.14. The van der Waals surface area contributed by atoms with Crippen molar-refractivity contribution in [3.05, 3.63) is 53.7 Å². The van der Waals surface area contributed by atoms with E-state index in [-0.39, 0.29) is 23.1 Å². The molecule has 0 spiro atoms. The molecule has 0 saturated heterocycles. The highest BCUT2D eigenvalue weighted by Gasteiger charge is 2.37. The van der Waals surface area contributed by atoms with Crippen molar-refractivity contribution in [3.8, 4) is 11.6 Å². The molecule has 2 N–H and O–H groups in total. The number of carboxylic acid groups (broad SMARTS) is 1. The van der Waals surface area contributed by atoms with E-state index in [0.29, 0.717) is 6.20 Å². The zero-order valence-electron chi connectivity index (χ0n) is 13.9. The summed E-state index contributed by atoms with van der Waals surface area (Å²) in [6, 6.07) is 6.79. The average molecular weight is 380 g/mol. The molecular weight excluding hydrogens is 365 g/mol. The van der Waals surface area contributed by atoms with E-state index in [1.165, 1.54) is 24.3 Å². The van der Waals surface area contributed by atoms with Gasteiger partial charge in [0.2, 0.25) is 5.88 Å². The number of aliphatic carboxylic acids is 1. The van der Waals surface area contributed by atoms with Crippen LogP contribution in [0.5, 0.6) is 11.6 Å². The summed E-state index contributed by atoms with van der Waals surface area (Å²) in [5, 5.41) is 11.6. The van der Waals surface area contributed by atoms with E-state index in [4.69, 9.17) is 9.84 Å². The van der Waals surface area contributed by atoms with Gasteiger partial charge in [0.05, 0.1) is 5.56 Å². The molecule has 6 nitrogen and oxygen atoms in total. The third-order valence-electron chi connectivity index (χ3n) is 4.05. The van der Waals surface area contributed by atoms with Crippen molar-refractivity contribution in [2.75, 3.05) is 0 Å². The molecule has 1 aromatic carbocycles. The standard InChI is InChI=1S/C18H15F3N2O4/c19-18(20,21)12-5-8-14(22-9-12)27-13-6-3-11(4-7-13)16(24)23-15(17(25)26)10-1-2-10/h3-10,15H,1-2H2,(H,23,24)(H,25,26). The number of hydrogen-bond acceptors (Lipinski definition) is 4. The van der Waals surface area contributed by atoms with Crippen LogP contribution in [0.1, 0.15) is 28.8 Å². The van der Waals surface area contributed by atoms with Gasteiger partial charge in [-0.2, -0.15) is 13.2 Å². The Morgan fingerprint density at radius 3 is 2.30 bits per heavy atom. The van der Waals surface area contributed by atoms with Crippen molar-refractivity contribution in [2.45, 2.75) is 25.1 Å². The molecule has 0 bridgehead atoms. The lowest BCUT2D eigenvalue weighted by Crippen LogP contribution is -2.42. The van der Waals surface area contributed by atoms with E-state index in [9.17, 15) is 22.8 Å². The van der Waals surface area contributed by atoms with Gasteiger partial charge in [-0.15, -0.1) is 0 Å². The molecule has 0 aliphatic heterocycles. The fraction of sp³-hybridized carbons (Fsp3) is 0.278. The molecule has 1 aliphatic rings. The first-order valence-corrected chi connectivity index (χ1v) is 8.09. The quantitative estimate of drug-likeness (QED) is 0.801. The number of hydrogen-bond donors (Lipinski definition) is 2. The third kappa shape index (κ3) is 4.75. The van der Waals surface area contributed by atoms with Crippen LogP contribution in [0.3, 0.4) is 0 Å². The zero-order valence-corrected chi connectivity index (χ0v) is 13.9. The Morgan fingerprint density at radius 2 is 1.81 bits per heavy atom. The molecule has 0 radical (unpaired) electrons. The molecule has 1 aliphatic carbocycles. The molecule has 1 amide bonds. The number of nitrogens with one attached hydrogen (secondary N) is 1. The third-order valence-corrected chi connectivity index (χ3v) is 4.05. The fourth-order valence-electron chi connectivity index (χ4n) is 2.44. The molecule has 27 heavy (non-hydrogen) atoms. The van der Waals surface area contributed by atoms with E-state index < -0.39 is 29.7 Å². The second-order valence-electron chi connectivity index (χ2n) is 6.14. The molecule has 2 aromatic rings. The van der Waals surface area contributed by atoms with Gasteiger partial charge in [0.25, 0.3) is 5.91 Å². The number of pyridine rings is 1. The van der Waals surface area contributed by atoms with E-state index in [1.54, 1.807) is 0 Å². The monoisotopic (exact) mass is 380 g/mol. The number of halogens is 3. The van der Waals surface area contributed by atoms with Crippen LogP contribution in [0.4, 0.5) is 13.2 Å². The second kappa shape index (κ2) is 7.26. The number of carbonyl (C=O) groups is 2. The number of benzene rings is 1. The smallest absolute Gasteiger partial charge is 0.417 e. The molecule has 1 unspecified atom stereocenters. The van der Waals surface area contributed by atoms with Crippen LogP contribution in [0.25, 0.3) is 0 Å². The highest BCUT2D eigenvalue weighted by Crippen LogP contribution is 2.33. The van der Waals surface area contributed by atoms with Crippen molar-refractivity contribution < 1.29 is 32.6 Å². The molecule has 3 rings (SSSR count). The number of amides is 1. The van der Waals surface area contributed by atoms with Crippen LogP contribution < -0.4 is 10.1 Å². The first kappa shape index (κ1) is 18.7. The van der Waals surface area contributed by atoms with Crippen LogP contribution in [0, 0.1) is 5.92 Å². The van der Waals surface area contributed by atoms with Crippen molar-refractivity contribution in [3.63, 3.8) is 0 Å². The predicted molar refractivity (Wildman–Crippen MR) is 87.4 cm³/mol. The van der Waals surface area contributed by atoms with Gasteiger partial charge in [0.15, 0.2) is 0 Å². The summed E-state index contributed by atoms with van der Waals surface area (Å²) < 4.78 is 42.9. The number of carbonyl (C=O) groups excluding carboxylic acids is 1. The average Bonchev–Trinajstić information content (AvgIpc) is 3.44. The fourth-order valence-corrected chi connectivity index (χ4v) is 2.44. The van der Waals surface area contributed by atoms with Gasteiger partial charge in [0.1, 0.15) is 11.8 Å². The van der Waals surface area contributed by atoms with Crippen LogP contribution in [-0.4, -0.2) is 28.0 Å². The maximum atomic E-state index is 12.5. The molecule has 1 fully saturated rings. The minimum Gasteiger partial charge on any atom is -0.480 e. The maximum absolute atomic E-state index is 12.5. The van der Waals surface area contributed by atoms with E-state index in [2.05, 4.69) is 10.3 Å². The van der Waals surface area contributed by atoms with Crippen molar-refractivity contribution in [1.29, 1.82) is 0 Å². The van der Waals surface area contributed by atoms with Crippen molar-refractivity contribution >= 4 is 11.9 Å². The Hall–Kier alpha value is -3.10. The number of aromatic nitrogens is 1. The highest BCUT2D eigenvalue weighted by molar-refractivity contribution is 5.96. The van der Waals surface area contributed by atoms with Crippen molar-refractivity contribution in [2.24, 2.45) is 5.92 Å². The lowest BCUT2D eigenvalue weighted by molar-refractivity contribution is -0.140. The Bertz CT molecular complexity index is 831. The minimum atomic E-state index is -4.48. The van der Waals surface area contributed by atoms with Gasteiger partial charge < -0.3 is 15.2 Å². The summed E-state index contributed by atoms with van der Waals surface area (Å²) in [7, 11) is 0. The molecule has 1 heterocycles. The number of alkyl halides is 3. The van der Waals surface area contributed by atoms with Gasteiger partial charge in [-0.3, -0.25) is 4.79 Å². The first-order chi connectivity index (χ1) is 12.7. The van der Waals surface area contributed by atoms with Gasteiger partial charge in [-0.1, -0.05) is 0 Å². The first-order valence-electron chi connectivity index (χ1n) is 8.09. The Kier molecular flexibility index (Phi) is 5.02. The lowest BCUT2D eigenvalue weighted by Gasteiger charge is -2.13. The van der Waals surface area contributed by atoms with Crippen LogP contribution in [0.15, 0.2) is 42.6 Å². The predicted octanol–water partition coefficient (Wildman–Crippen LogP) is 3.49. The lowest BCUT2D eigenvalue weighted by atomic mass is 10.1. The summed E-state index contributed by atoms with van der Waals surface area (Å²) in [6.07, 6.45) is -2.27. The Morgan fingerprint density at radius 1 is 1.15 bits per heavy atom. The van der Waals surface area contributed by atoms with Crippen LogP contribution in [-0.2, 0) is 11.0 Å². The largest absolute Gasteiger partial charge is 0.480 e. The Labute approximate surface area is 152 Å². The van der Waals surface area contributed by atoms with Crippen molar-refractivity contribution in [1.82, 2.24) is 10.3 Å². The van der Waals surface area contributed by atoms with Crippen LogP contribution in [0.2, 0.25) is 0 Å². The maximum Gasteiger partial charge on any atom is 0.417 e. The summed E-state index contributed by atoms with van der Waals surface area (Å²) in [4.78, 5) is 26.9. The number of ether oxygens (including phenoxy) is 1. The molecule has 142 valence electrons. The van der Waals surface area contributed by atoms with Gasteiger partial charge in [-0.25, -0.2) is 9.78 Å². The zero-order chi connectivity index (χ0) is 19.6. The molecule has 1 aromatic heterocycles. The molecular formula is C18H15F3N2O4. The molecule has 9 heteroatoms. The summed E-state index contributed by atoms with van der Waals surface area (Å²) in [5.74, 6) is -1.39. The van der Waals surface area contributed by atoms with Gasteiger partial charge in [-0.05, 0) is 49.1 Å². The number of nitrogens with zero attached hydrogens (tertiary/aromatic N) is 1. The minimum absolute atomic E-state index is 0.0279. The number of carboxylic acids is 1. The van der Waals surface area contributed by atoms with E-state index in [0.717, 1.165) is 25.0 Å². The SMILES string of the molecule is O=C(NC(C(=O)O)C1CC1)c1ccc(Oc2ccc(C(F)(F)F)cn2)cc1. The normalized spacial score (nSPS) is 15.1. The summed E-state index contributed by atoms with van der Waals surface area (Å²) in [5.41, 5.74) is -0.639. The summed E-state index contributed by atoms with van der Waals surface area (Å²) in [6.45, 7) is 0. The summed E-state index contributed by atoms with van der Waals surface area (Å²) >= 11 is 0.